The summed E-state index contributed by atoms with van der Waals surface area (Å²) in [7, 11) is 0. The van der Waals surface area contributed by atoms with Gasteiger partial charge in [-0.15, -0.1) is 0 Å². The van der Waals surface area contributed by atoms with Crippen molar-refractivity contribution in [2.45, 2.75) is 12.8 Å². The van der Waals surface area contributed by atoms with E-state index in [2.05, 4.69) is 10.3 Å². The summed E-state index contributed by atoms with van der Waals surface area (Å²) in [4.78, 5) is 17.6. The lowest BCUT2D eigenvalue weighted by Gasteiger charge is -2.16. The highest BCUT2D eigenvalue weighted by atomic mass is 35.5. The van der Waals surface area contributed by atoms with Crippen molar-refractivity contribution in [3.63, 3.8) is 0 Å². The second kappa shape index (κ2) is 5.95. The minimum absolute atomic E-state index is 0.0384. The van der Waals surface area contributed by atoms with Crippen LogP contribution in [0.2, 0.25) is 15.2 Å². The largest absolute Gasteiger partial charge is 0.360 e. The van der Waals surface area contributed by atoms with Crippen molar-refractivity contribution in [3.05, 3.63) is 21.3 Å². The predicted octanol–water partition coefficient (Wildman–Crippen LogP) is 3.08. The standard InChI is InChI=1S/C11H12Cl3N3O/c12-7-5-8(13)11(16-10(7)14)15-6-9(18)17-3-1-2-4-17/h5H,1-4,6H2,(H,15,16). The first kappa shape index (κ1) is 13.7. The molecule has 98 valence electrons. The van der Waals surface area contributed by atoms with Gasteiger partial charge in [0.05, 0.1) is 16.6 Å². The second-order valence-electron chi connectivity index (χ2n) is 4.03. The van der Waals surface area contributed by atoms with Crippen LogP contribution in [0.5, 0.6) is 0 Å². The molecule has 0 aliphatic carbocycles. The van der Waals surface area contributed by atoms with Crippen molar-refractivity contribution >= 4 is 46.5 Å². The van der Waals surface area contributed by atoms with Crippen LogP contribution >= 0.6 is 34.8 Å². The number of carbonyl (C=O) groups excluding carboxylic acids is 1. The van der Waals surface area contributed by atoms with Crippen molar-refractivity contribution in [1.82, 2.24) is 9.88 Å². The van der Waals surface area contributed by atoms with E-state index >= 15 is 0 Å². The molecule has 1 amide bonds. The van der Waals surface area contributed by atoms with E-state index in [0.717, 1.165) is 25.9 Å². The van der Waals surface area contributed by atoms with Crippen molar-refractivity contribution in [2.75, 3.05) is 25.0 Å². The van der Waals surface area contributed by atoms with E-state index in [-0.39, 0.29) is 22.6 Å². The Morgan fingerprint density at radius 3 is 2.61 bits per heavy atom. The Morgan fingerprint density at radius 1 is 1.28 bits per heavy atom. The first-order valence-corrected chi connectivity index (χ1v) is 6.74. The highest BCUT2D eigenvalue weighted by molar-refractivity contribution is 6.42. The van der Waals surface area contributed by atoms with E-state index < -0.39 is 0 Å². The number of rotatable bonds is 3. The van der Waals surface area contributed by atoms with Crippen molar-refractivity contribution in [1.29, 1.82) is 0 Å². The first-order valence-electron chi connectivity index (χ1n) is 5.61. The summed E-state index contributed by atoms with van der Waals surface area (Å²) < 4.78 is 0. The average molecular weight is 309 g/mol. The van der Waals surface area contributed by atoms with Crippen LogP contribution in [-0.4, -0.2) is 35.4 Å². The lowest BCUT2D eigenvalue weighted by molar-refractivity contribution is -0.128. The van der Waals surface area contributed by atoms with Gasteiger partial charge in [0.25, 0.3) is 0 Å². The second-order valence-corrected chi connectivity index (χ2v) is 5.21. The van der Waals surface area contributed by atoms with Gasteiger partial charge in [0.15, 0.2) is 0 Å². The average Bonchev–Trinajstić information content (AvgIpc) is 2.85. The van der Waals surface area contributed by atoms with Crippen LogP contribution in [0.25, 0.3) is 0 Å². The smallest absolute Gasteiger partial charge is 0.241 e. The number of pyridine rings is 1. The molecule has 0 bridgehead atoms. The maximum atomic E-state index is 11.8. The zero-order valence-corrected chi connectivity index (χ0v) is 11.8. The number of anilines is 1. The molecule has 2 heterocycles. The predicted molar refractivity (Wildman–Crippen MR) is 73.6 cm³/mol. The van der Waals surface area contributed by atoms with E-state index in [1.54, 1.807) is 0 Å². The number of hydrogen-bond donors (Lipinski definition) is 1. The minimum atomic E-state index is 0.0384. The fraction of sp³-hybridized carbons (Fsp3) is 0.455. The summed E-state index contributed by atoms with van der Waals surface area (Å²) in [5, 5.41) is 3.68. The van der Waals surface area contributed by atoms with E-state index in [1.165, 1.54) is 6.07 Å². The fourth-order valence-corrected chi connectivity index (χ4v) is 2.37. The Morgan fingerprint density at radius 2 is 1.94 bits per heavy atom. The number of nitrogens with one attached hydrogen (secondary N) is 1. The zero-order chi connectivity index (χ0) is 13.1. The molecule has 0 saturated carbocycles. The Labute approximate surface area is 120 Å². The third kappa shape index (κ3) is 3.19. The van der Waals surface area contributed by atoms with Gasteiger partial charge in [0.2, 0.25) is 5.91 Å². The molecule has 1 fully saturated rings. The van der Waals surface area contributed by atoms with E-state index in [9.17, 15) is 4.79 Å². The fourth-order valence-electron chi connectivity index (χ4n) is 1.81. The summed E-state index contributed by atoms with van der Waals surface area (Å²) in [5.74, 6) is 0.412. The highest BCUT2D eigenvalue weighted by Gasteiger charge is 2.18. The molecule has 1 aliphatic heterocycles. The van der Waals surface area contributed by atoms with Crippen molar-refractivity contribution in [2.24, 2.45) is 0 Å². The Hall–Kier alpha value is -0.710. The first-order chi connectivity index (χ1) is 8.58. The van der Waals surface area contributed by atoms with Gasteiger partial charge in [-0.3, -0.25) is 4.79 Å². The Balaban J connectivity index is 1.97. The quantitative estimate of drug-likeness (QED) is 0.873. The Bertz CT molecular complexity index is 461. The van der Waals surface area contributed by atoms with E-state index in [0.29, 0.717) is 10.8 Å². The molecule has 1 saturated heterocycles. The van der Waals surface area contributed by atoms with Gasteiger partial charge in [0, 0.05) is 13.1 Å². The van der Waals surface area contributed by atoms with Gasteiger partial charge in [0.1, 0.15) is 11.0 Å². The van der Waals surface area contributed by atoms with Crippen LogP contribution in [0.15, 0.2) is 6.07 Å². The number of aromatic nitrogens is 1. The molecule has 0 radical (unpaired) electrons. The molecule has 1 N–H and O–H groups in total. The van der Waals surface area contributed by atoms with E-state index in [4.69, 9.17) is 34.8 Å². The van der Waals surface area contributed by atoms with Gasteiger partial charge >= 0.3 is 0 Å². The normalized spacial score (nSPS) is 14.9. The number of carbonyl (C=O) groups is 1. The number of nitrogens with zero attached hydrogens (tertiary/aromatic N) is 2. The molecule has 4 nitrogen and oxygen atoms in total. The number of amides is 1. The molecule has 7 heteroatoms. The summed E-state index contributed by atoms with van der Waals surface area (Å²) in [6.07, 6.45) is 2.13. The van der Waals surface area contributed by atoms with Gasteiger partial charge in [-0.05, 0) is 18.9 Å². The zero-order valence-electron chi connectivity index (χ0n) is 9.55. The number of likely N-dealkylation sites (tertiary alicyclic amines) is 1. The van der Waals surface area contributed by atoms with Gasteiger partial charge in [-0.25, -0.2) is 4.98 Å². The molecule has 1 aliphatic rings. The minimum Gasteiger partial charge on any atom is -0.360 e. The van der Waals surface area contributed by atoms with Gasteiger partial charge in [-0.2, -0.15) is 0 Å². The lowest BCUT2D eigenvalue weighted by atomic mass is 10.4. The molecular weight excluding hydrogens is 297 g/mol. The molecule has 2 rings (SSSR count). The number of halogens is 3. The summed E-state index contributed by atoms with van der Waals surface area (Å²) >= 11 is 17.5. The lowest BCUT2D eigenvalue weighted by Crippen LogP contribution is -2.33. The topological polar surface area (TPSA) is 45.2 Å². The SMILES string of the molecule is O=C(CNc1nc(Cl)c(Cl)cc1Cl)N1CCCC1. The maximum Gasteiger partial charge on any atom is 0.241 e. The van der Waals surface area contributed by atoms with Crippen LogP contribution in [-0.2, 0) is 4.79 Å². The Kier molecular flexibility index (Phi) is 4.54. The monoisotopic (exact) mass is 307 g/mol. The van der Waals surface area contributed by atoms with Crippen molar-refractivity contribution < 1.29 is 4.79 Å². The van der Waals surface area contributed by atoms with Crippen LogP contribution in [0, 0.1) is 0 Å². The maximum absolute atomic E-state index is 11.8. The molecule has 1 aromatic heterocycles. The molecule has 0 unspecified atom stereocenters. The molecule has 0 atom stereocenters. The van der Waals surface area contributed by atoms with E-state index in [1.807, 2.05) is 4.90 Å². The van der Waals surface area contributed by atoms with Gasteiger partial charge in [-0.1, -0.05) is 34.8 Å². The summed E-state index contributed by atoms with van der Waals surface area (Å²) in [6.45, 7) is 1.80. The van der Waals surface area contributed by atoms with Gasteiger partial charge < -0.3 is 10.2 Å². The third-order valence-corrected chi connectivity index (χ3v) is 3.71. The molecule has 1 aromatic rings. The van der Waals surface area contributed by atoms with Crippen LogP contribution in [0.3, 0.4) is 0 Å². The number of hydrogen-bond acceptors (Lipinski definition) is 3. The van der Waals surface area contributed by atoms with Crippen LogP contribution in [0.4, 0.5) is 5.82 Å². The molecule has 0 aromatic carbocycles. The molecule has 18 heavy (non-hydrogen) atoms. The molecular formula is C11H12Cl3N3O. The highest BCUT2D eigenvalue weighted by Crippen LogP contribution is 2.28. The van der Waals surface area contributed by atoms with Crippen LogP contribution < -0.4 is 5.32 Å². The van der Waals surface area contributed by atoms with Crippen molar-refractivity contribution in [3.8, 4) is 0 Å². The summed E-state index contributed by atoms with van der Waals surface area (Å²) in [6, 6.07) is 1.50. The third-order valence-electron chi connectivity index (χ3n) is 2.75. The van der Waals surface area contributed by atoms with Crippen LogP contribution in [0.1, 0.15) is 12.8 Å². The summed E-state index contributed by atoms with van der Waals surface area (Å²) in [5.41, 5.74) is 0. The molecule has 0 spiro atoms.